The number of ketones is 1. The molecule has 0 aromatic heterocycles. The standard InChI is InChI=1S/C16H25NO2/c1-7-14(17-5)16(18)13-9-12(10(2)3)15(19-6)8-11(13)4/h8-10,14,17H,7H2,1-6H3. The van der Waals surface area contributed by atoms with E-state index in [9.17, 15) is 4.79 Å². The average molecular weight is 263 g/mol. The molecule has 19 heavy (non-hydrogen) atoms. The fourth-order valence-electron chi connectivity index (χ4n) is 2.30. The molecule has 0 saturated heterocycles. The van der Waals surface area contributed by atoms with Crippen molar-refractivity contribution in [1.29, 1.82) is 0 Å². The van der Waals surface area contributed by atoms with E-state index in [0.29, 0.717) is 5.92 Å². The number of aryl methyl sites for hydroxylation is 1. The summed E-state index contributed by atoms with van der Waals surface area (Å²) < 4.78 is 5.41. The number of likely N-dealkylation sites (N-methyl/N-ethyl adjacent to an activating group) is 1. The van der Waals surface area contributed by atoms with Gasteiger partial charge in [-0.2, -0.15) is 0 Å². The molecule has 3 nitrogen and oxygen atoms in total. The van der Waals surface area contributed by atoms with Crippen LogP contribution in [0.1, 0.15) is 54.6 Å². The zero-order valence-corrected chi connectivity index (χ0v) is 12.8. The van der Waals surface area contributed by atoms with Crippen molar-refractivity contribution >= 4 is 5.78 Å². The van der Waals surface area contributed by atoms with Gasteiger partial charge in [-0.25, -0.2) is 0 Å². The lowest BCUT2D eigenvalue weighted by Crippen LogP contribution is -2.33. The Morgan fingerprint density at radius 1 is 1.37 bits per heavy atom. The topological polar surface area (TPSA) is 38.3 Å². The molecular weight excluding hydrogens is 238 g/mol. The molecule has 0 aliphatic rings. The molecule has 0 radical (unpaired) electrons. The van der Waals surface area contributed by atoms with E-state index in [1.165, 1.54) is 0 Å². The number of benzene rings is 1. The van der Waals surface area contributed by atoms with E-state index >= 15 is 0 Å². The molecule has 106 valence electrons. The number of carbonyl (C=O) groups is 1. The summed E-state index contributed by atoms with van der Waals surface area (Å²) >= 11 is 0. The molecule has 0 fully saturated rings. The third kappa shape index (κ3) is 3.35. The number of methoxy groups -OCH3 is 1. The Kier molecular flexibility index (Phi) is 5.55. The number of ether oxygens (including phenoxy) is 1. The van der Waals surface area contributed by atoms with Crippen LogP contribution in [-0.4, -0.2) is 26.0 Å². The largest absolute Gasteiger partial charge is 0.496 e. The highest BCUT2D eigenvalue weighted by Gasteiger charge is 2.20. The van der Waals surface area contributed by atoms with Gasteiger partial charge in [-0.15, -0.1) is 0 Å². The van der Waals surface area contributed by atoms with Crippen LogP contribution < -0.4 is 10.1 Å². The maximum Gasteiger partial charge on any atom is 0.179 e. The van der Waals surface area contributed by atoms with Crippen LogP contribution in [0.2, 0.25) is 0 Å². The zero-order chi connectivity index (χ0) is 14.6. The molecule has 1 unspecified atom stereocenters. The van der Waals surface area contributed by atoms with Gasteiger partial charge in [0.05, 0.1) is 13.2 Å². The minimum atomic E-state index is -0.118. The Hall–Kier alpha value is -1.35. The summed E-state index contributed by atoms with van der Waals surface area (Å²) in [5.74, 6) is 1.35. The van der Waals surface area contributed by atoms with E-state index in [1.54, 1.807) is 7.11 Å². The fourth-order valence-corrected chi connectivity index (χ4v) is 2.30. The van der Waals surface area contributed by atoms with E-state index in [4.69, 9.17) is 4.74 Å². The van der Waals surface area contributed by atoms with Gasteiger partial charge in [-0.1, -0.05) is 20.8 Å². The first-order chi connectivity index (χ1) is 8.96. The molecule has 1 aromatic carbocycles. The summed E-state index contributed by atoms with van der Waals surface area (Å²) in [4.78, 5) is 12.5. The summed E-state index contributed by atoms with van der Waals surface area (Å²) in [5, 5.41) is 3.07. The van der Waals surface area contributed by atoms with Crippen molar-refractivity contribution in [2.45, 2.75) is 46.1 Å². The highest BCUT2D eigenvalue weighted by Crippen LogP contribution is 2.30. The zero-order valence-electron chi connectivity index (χ0n) is 12.8. The van der Waals surface area contributed by atoms with Crippen LogP contribution in [-0.2, 0) is 0 Å². The van der Waals surface area contributed by atoms with Gasteiger partial charge >= 0.3 is 0 Å². The summed E-state index contributed by atoms with van der Waals surface area (Å²) in [7, 11) is 3.50. The minimum Gasteiger partial charge on any atom is -0.496 e. The third-order valence-corrected chi connectivity index (χ3v) is 3.54. The maximum atomic E-state index is 12.5. The Morgan fingerprint density at radius 2 is 2.00 bits per heavy atom. The molecule has 0 saturated carbocycles. The molecule has 0 aliphatic carbocycles. The quantitative estimate of drug-likeness (QED) is 0.800. The van der Waals surface area contributed by atoms with Crippen LogP contribution in [0.25, 0.3) is 0 Å². The number of carbonyl (C=O) groups excluding carboxylic acids is 1. The van der Waals surface area contributed by atoms with Gasteiger partial charge in [0, 0.05) is 5.56 Å². The Morgan fingerprint density at radius 3 is 2.42 bits per heavy atom. The van der Waals surface area contributed by atoms with Gasteiger partial charge in [0.1, 0.15) is 5.75 Å². The normalized spacial score (nSPS) is 12.6. The minimum absolute atomic E-state index is 0.118. The lowest BCUT2D eigenvalue weighted by Gasteiger charge is -2.18. The molecule has 1 aromatic rings. The lowest BCUT2D eigenvalue weighted by atomic mass is 9.92. The number of rotatable bonds is 6. The van der Waals surface area contributed by atoms with E-state index in [2.05, 4.69) is 19.2 Å². The maximum absolute atomic E-state index is 12.5. The summed E-state index contributed by atoms with van der Waals surface area (Å²) in [6, 6.07) is 3.83. The molecule has 0 amide bonds. The predicted molar refractivity (Wildman–Crippen MR) is 79.3 cm³/mol. The molecule has 1 N–H and O–H groups in total. The van der Waals surface area contributed by atoms with Gasteiger partial charge < -0.3 is 10.1 Å². The van der Waals surface area contributed by atoms with Crippen molar-refractivity contribution in [2.75, 3.05) is 14.2 Å². The number of hydrogen-bond acceptors (Lipinski definition) is 3. The number of nitrogens with one attached hydrogen (secondary N) is 1. The van der Waals surface area contributed by atoms with Crippen molar-refractivity contribution in [3.8, 4) is 5.75 Å². The van der Waals surface area contributed by atoms with E-state index < -0.39 is 0 Å². The SMILES string of the molecule is CCC(NC)C(=O)c1cc(C(C)C)c(OC)cc1C. The van der Waals surface area contributed by atoms with Gasteiger partial charge in [0.15, 0.2) is 5.78 Å². The second kappa shape index (κ2) is 6.71. The number of Topliss-reactive ketones (excluding diaryl/α,β-unsaturated/α-hetero) is 1. The lowest BCUT2D eigenvalue weighted by molar-refractivity contribution is 0.0944. The van der Waals surface area contributed by atoms with Crippen LogP contribution in [0.3, 0.4) is 0 Å². The van der Waals surface area contributed by atoms with Gasteiger partial charge in [-0.05, 0) is 49.6 Å². The van der Waals surface area contributed by atoms with Crippen molar-refractivity contribution < 1.29 is 9.53 Å². The second-order valence-corrected chi connectivity index (χ2v) is 5.18. The van der Waals surface area contributed by atoms with Crippen LogP contribution in [0.15, 0.2) is 12.1 Å². The van der Waals surface area contributed by atoms with Crippen LogP contribution in [0, 0.1) is 6.92 Å². The third-order valence-electron chi connectivity index (χ3n) is 3.54. The summed E-state index contributed by atoms with van der Waals surface area (Å²) in [5.41, 5.74) is 2.85. The molecule has 0 bridgehead atoms. The molecule has 1 rings (SSSR count). The van der Waals surface area contributed by atoms with Crippen LogP contribution >= 0.6 is 0 Å². The smallest absolute Gasteiger partial charge is 0.179 e. The first-order valence-electron chi connectivity index (χ1n) is 6.86. The fraction of sp³-hybridized carbons (Fsp3) is 0.562. The highest BCUT2D eigenvalue weighted by atomic mass is 16.5. The van der Waals surface area contributed by atoms with Crippen molar-refractivity contribution in [1.82, 2.24) is 5.32 Å². The monoisotopic (exact) mass is 263 g/mol. The highest BCUT2D eigenvalue weighted by molar-refractivity contribution is 6.01. The van der Waals surface area contributed by atoms with Crippen molar-refractivity contribution in [3.05, 3.63) is 28.8 Å². The molecule has 3 heteroatoms. The first kappa shape index (κ1) is 15.7. The van der Waals surface area contributed by atoms with Crippen molar-refractivity contribution in [3.63, 3.8) is 0 Å². The summed E-state index contributed by atoms with van der Waals surface area (Å²) in [6.45, 7) is 8.19. The van der Waals surface area contributed by atoms with Crippen molar-refractivity contribution in [2.24, 2.45) is 0 Å². The first-order valence-corrected chi connectivity index (χ1v) is 6.86. The second-order valence-electron chi connectivity index (χ2n) is 5.18. The Labute approximate surface area is 116 Å². The number of hydrogen-bond donors (Lipinski definition) is 1. The van der Waals surface area contributed by atoms with Gasteiger partial charge in [-0.3, -0.25) is 4.79 Å². The van der Waals surface area contributed by atoms with Crippen LogP contribution in [0.5, 0.6) is 5.75 Å². The van der Waals surface area contributed by atoms with E-state index in [-0.39, 0.29) is 11.8 Å². The Balaban J connectivity index is 3.28. The molecule has 0 aliphatic heterocycles. The van der Waals surface area contributed by atoms with E-state index in [1.807, 2.05) is 33.0 Å². The predicted octanol–water partition coefficient (Wildman–Crippen LogP) is 3.31. The molecule has 1 atom stereocenters. The average Bonchev–Trinajstić information content (AvgIpc) is 2.39. The summed E-state index contributed by atoms with van der Waals surface area (Å²) in [6.07, 6.45) is 0.789. The Bertz CT molecular complexity index is 448. The molecule has 0 heterocycles. The van der Waals surface area contributed by atoms with Gasteiger partial charge in [0.2, 0.25) is 0 Å². The van der Waals surface area contributed by atoms with Gasteiger partial charge in [0.25, 0.3) is 0 Å². The van der Waals surface area contributed by atoms with E-state index in [0.717, 1.165) is 28.9 Å². The molecular formula is C16H25NO2. The molecule has 0 spiro atoms. The van der Waals surface area contributed by atoms with Crippen LogP contribution in [0.4, 0.5) is 0 Å².